The number of likely N-dealkylation sites (N-methyl/N-ethyl adjacent to an activating group) is 1. The molecule has 0 aromatic heterocycles. The van der Waals surface area contributed by atoms with Gasteiger partial charge >= 0.3 is 12.0 Å². The zero-order valence-electron chi connectivity index (χ0n) is 7.48. The molecule has 5 nitrogen and oxygen atoms in total. The van der Waals surface area contributed by atoms with E-state index in [1.54, 1.807) is 0 Å². The van der Waals surface area contributed by atoms with Crippen molar-refractivity contribution in [1.29, 1.82) is 0 Å². The fourth-order valence-electron chi connectivity index (χ4n) is 1.33. The minimum absolute atomic E-state index is 0.186. The number of urea groups is 1. The van der Waals surface area contributed by atoms with E-state index in [9.17, 15) is 18.4 Å². The number of aliphatic carboxylic acids is 1. The summed E-state index contributed by atoms with van der Waals surface area (Å²) in [6, 6.07) is -1.70. The third-order valence-electron chi connectivity index (χ3n) is 2.08. The van der Waals surface area contributed by atoms with Gasteiger partial charge in [0, 0.05) is 7.05 Å². The Balaban J connectivity index is 2.67. The molecule has 0 aromatic carbocycles. The minimum atomic E-state index is -2.64. The van der Waals surface area contributed by atoms with Crippen molar-refractivity contribution in [3.63, 3.8) is 0 Å². The summed E-state index contributed by atoms with van der Waals surface area (Å²) in [5.41, 5.74) is 0. The summed E-state index contributed by atoms with van der Waals surface area (Å²) >= 11 is 0. The zero-order valence-corrected chi connectivity index (χ0v) is 7.48. The number of carboxylic acids is 1. The summed E-state index contributed by atoms with van der Waals surface area (Å²) in [6.45, 7) is -0.901. The number of halogens is 2. The SMILES string of the molecule is CN1C(=O)N(CC(F)F)CC1C(=O)O. The smallest absolute Gasteiger partial charge is 0.328 e. The lowest BCUT2D eigenvalue weighted by Crippen LogP contribution is -2.36. The molecule has 1 saturated heterocycles. The van der Waals surface area contributed by atoms with Gasteiger partial charge in [-0.05, 0) is 0 Å². The maximum atomic E-state index is 12.0. The van der Waals surface area contributed by atoms with Gasteiger partial charge in [0.25, 0.3) is 6.43 Å². The Hall–Kier alpha value is -1.40. The monoisotopic (exact) mass is 208 g/mol. The Morgan fingerprint density at radius 3 is 2.64 bits per heavy atom. The number of carbonyl (C=O) groups excluding carboxylic acids is 1. The first-order valence-electron chi connectivity index (χ1n) is 3.96. The van der Waals surface area contributed by atoms with Gasteiger partial charge in [-0.1, -0.05) is 0 Å². The van der Waals surface area contributed by atoms with Crippen molar-refractivity contribution >= 4 is 12.0 Å². The van der Waals surface area contributed by atoms with E-state index in [4.69, 9.17) is 5.11 Å². The third kappa shape index (κ3) is 1.91. The highest BCUT2D eigenvalue weighted by molar-refractivity contribution is 5.86. The normalized spacial score (nSPS) is 22.3. The van der Waals surface area contributed by atoms with E-state index in [2.05, 4.69) is 0 Å². The van der Waals surface area contributed by atoms with Crippen LogP contribution in [0.1, 0.15) is 0 Å². The van der Waals surface area contributed by atoms with Gasteiger partial charge in [-0.3, -0.25) is 0 Å². The van der Waals surface area contributed by atoms with Crippen LogP contribution < -0.4 is 0 Å². The molecular formula is C7H10F2N2O3. The van der Waals surface area contributed by atoms with E-state index in [0.717, 1.165) is 9.80 Å². The molecule has 0 aliphatic carbocycles. The van der Waals surface area contributed by atoms with Gasteiger partial charge in [-0.2, -0.15) is 0 Å². The second kappa shape index (κ2) is 3.77. The standard InChI is InChI=1S/C7H10F2N2O3/c1-10-4(6(12)13)2-11(7(10)14)3-5(8)9/h4-5H,2-3H2,1H3,(H,12,13). The van der Waals surface area contributed by atoms with Gasteiger partial charge in [0.1, 0.15) is 6.04 Å². The summed E-state index contributed by atoms with van der Waals surface area (Å²) in [5, 5.41) is 8.65. The molecule has 1 N–H and O–H groups in total. The van der Waals surface area contributed by atoms with E-state index in [-0.39, 0.29) is 6.54 Å². The van der Waals surface area contributed by atoms with Gasteiger partial charge in [0.15, 0.2) is 0 Å². The molecular weight excluding hydrogens is 198 g/mol. The summed E-state index contributed by atoms with van der Waals surface area (Å²) in [4.78, 5) is 23.6. The average molecular weight is 208 g/mol. The maximum absolute atomic E-state index is 12.0. The largest absolute Gasteiger partial charge is 0.480 e. The van der Waals surface area contributed by atoms with Crippen LogP contribution in [-0.4, -0.2) is 59.5 Å². The number of carboxylic acid groups (broad SMARTS) is 1. The van der Waals surface area contributed by atoms with Crippen LogP contribution in [0.5, 0.6) is 0 Å². The molecule has 0 aromatic rings. The fourth-order valence-corrected chi connectivity index (χ4v) is 1.33. The molecule has 1 unspecified atom stereocenters. The van der Waals surface area contributed by atoms with Gasteiger partial charge in [-0.25, -0.2) is 18.4 Å². The molecule has 7 heteroatoms. The molecule has 1 fully saturated rings. The van der Waals surface area contributed by atoms with Gasteiger partial charge < -0.3 is 14.9 Å². The molecule has 1 atom stereocenters. The van der Waals surface area contributed by atoms with E-state index >= 15 is 0 Å². The van der Waals surface area contributed by atoms with Crippen LogP contribution >= 0.6 is 0 Å². The van der Waals surface area contributed by atoms with Crippen molar-refractivity contribution in [2.45, 2.75) is 12.5 Å². The summed E-state index contributed by atoms with van der Waals surface area (Å²) in [6.07, 6.45) is -2.64. The molecule has 80 valence electrons. The maximum Gasteiger partial charge on any atom is 0.328 e. The van der Waals surface area contributed by atoms with Crippen molar-refractivity contribution < 1.29 is 23.5 Å². The molecule has 1 aliphatic heterocycles. The highest BCUT2D eigenvalue weighted by atomic mass is 19.3. The molecule has 1 heterocycles. The average Bonchev–Trinajstić information content (AvgIpc) is 2.32. The first kappa shape index (κ1) is 10.7. The predicted molar refractivity (Wildman–Crippen MR) is 42.2 cm³/mol. The minimum Gasteiger partial charge on any atom is -0.480 e. The zero-order chi connectivity index (χ0) is 10.9. The highest BCUT2D eigenvalue weighted by Crippen LogP contribution is 2.15. The molecule has 2 amide bonds. The Labute approximate surface area is 78.9 Å². The number of amides is 2. The summed E-state index contributed by atoms with van der Waals surface area (Å²) in [7, 11) is 1.28. The quantitative estimate of drug-likeness (QED) is 0.714. The van der Waals surface area contributed by atoms with Crippen LogP contribution in [0, 0.1) is 0 Å². The Kier molecular flexibility index (Phi) is 2.87. The molecule has 1 rings (SSSR count). The van der Waals surface area contributed by atoms with Crippen LogP contribution in [0.4, 0.5) is 13.6 Å². The Morgan fingerprint density at radius 2 is 2.29 bits per heavy atom. The molecule has 0 radical (unpaired) electrons. The van der Waals surface area contributed by atoms with Crippen LogP contribution in [-0.2, 0) is 4.79 Å². The highest BCUT2D eigenvalue weighted by Gasteiger charge is 2.39. The van der Waals surface area contributed by atoms with Gasteiger partial charge in [0.2, 0.25) is 0 Å². The molecule has 14 heavy (non-hydrogen) atoms. The van der Waals surface area contributed by atoms with E-state index in [0.29, 0.717) is 0 Å². The lowest BCUT2D eigenvalue weighted by Gasteiger charge is -2.14. The predicted octanol–water partition coefficient (Wildman–Crippen LogP) is 0.0721. The molecule has 0 spiro atoms. The van der Waals surface area contributed by atoms with Crippen LogP contribution in [0.3, 0.4) is 0 Å². The number of hydrogen-bond acceptors (Lipinski definition) is 2. The Bertz CT molecular complexity index is 259. The first-order valence-corrected chi connectivity index (χ1v) is 3.96. The van der Waals surface area contributed by atoms with Crippen molar-refractivity contribution in [1.82, 2.24) is 9.80 Å². The third-order valence-corrected chi connectivity index (χ3v) is 2.08. The van der Waals surface area contributed by atoms with Crippen LogP contribution in [0.2, 0.25) is 0 Å². The number of alkyl halides is 2. The molecule has 0 saturated carbocycles. The fraction of sp³-hybridized carbons (Fsp3) is 0.714. The van der Waals surface area contributed by atoms with Gasteiger partial charge in [-0.15, -0.1) is 0 Å². The molecule has 0 bridgehead atoms. The number of hydrogen-bond donors (Lipinski definition) is 1. The van der Waals surface area contributed by atoms with Crippen LogP contribution in [0.15, 0.2) is 0 Å². The Morgan fingerprint density at radius 1 is 1.71 bits per heavy atom. The van der Waals surface area contributed by atoms with Crippen molar-refractivity contribution in [2.75, 3.05) is 20.1 Å². The first-order chi connectivity index (χ1) is 6.43. The van der Waals surface area contributed by atoms with Crippen molar-refractivity contribution in [3.8, 4) is 0 Å². The second-order valence-corrected chi connectivity index (χ2v) is 3.04. The number of carbonyl (C=O) groups is 2. The van der Waals surface area contributed by atoms with E-state index in [1.165, 1.54) is 7.05 Å². The number of nitrogens with zero attached hydrogens (tertiary/aromatic N) is 2. The second-order valence-electron chi connectivity index (χ2n) is 3.04. The number of rotatable bonds is 3. The van der Waals surface area contributed by atoms with E-state index < -0.39 is 31.0 Å². The van der Waals surface area contributed by atoms with Crippen molar-refractivity contribution in [2.24, 2.45) is 0 Å². The van der Waals surface area contributed by atoms with E-state index in [1.807, 2.05) is 0 Å². The lowest BCUT2D eigenvalue weighted by atomic mass is 10.3. The lowest BCUT2D eigenvalue weighted by molar-refractivity contribution is -0.140. The molecule has 1 aliphatic rings. The topological polar surface area (TPSA) is 60.9 Å². The van der Waals surface area contributed by atoms with Crippen molar-refractivity contribution in [3.05, 3.63) is 0 Å². The summed E-state index contributed by atoms with van der Waals surface area (Å²) < 4.78 is 23.9. The summed E-state index contributed by atoms with van der Waals surface area (Å²) in [5.74, 6) is -1.18. The van der Waals surface area contributed by atoms with Gasteiger partial charge in [0.05, 0.1) is 13.1 Å². The van der Waals surface area contributed by atoms with Crippen LogP contribution in [0.25, 0.3) is 0 Å².